The van der Waals surface area contributed by atoms with Gasteiger partial charge in [-0.1, -0.05) is 550 Å². The van der Waals surface area contributed by atoms with Gasteiger partial charge in [-0.2, -0.15) is 0 Å². The third-order valence-electron chi connectivity index (χ3n) is 30.3. The van der Waals surface area contributed by atoms with Gasteiger partial charge in [-0.05, 0) is 311 Å². The molecule has 1 nitrogen and oxygen atoms in total. The highest BCUT2D eigenvalue weighted by molar-refractivity contribution is 7.99. The molecular formula is C148H152OS. The third-order valence-corrected chi connectivity index (χ3v) is 31.4. The minimum Gasteiger partial charge on any atom is -0.457 e. The lowest BCUT2D eigenvalue weighted by atomic mass is 9.54. The molecule has 756 valence electrons. The zero-order valence-electron chi connectivity index (χ0n) is 90.6. The molecule has 2 heteroatoms. The van der Waals surface area contributed by atoms with Crippen LogP contribution in [0.15, 0.2) is 513 Å². The highest BCUT2D eigenvalue weighted by atomic mass is 32.2. The Kier molecular flexibility index (Phi) is 41.1. The fraction of sp³-hybridized carbons (Fsp3) is 0.216. The molecule has 0 heterocycles. The molecule has 1 unspecified atom stereocenters. The second-order valence-electron chi connectivity index (χ2n) is 39.9. The Morgan fingerprint density at radius 1 is 0.273 bits per heavy atom. The predicted octanol–water partition coefficient (Wildman–Crippen LogP) is 41.2. The van der Waals surface area contributed by atoms with Crippen molar-refractivity contribution >= 4 is 33.3 Å². The number of rotatable bonds is 20. The Hall–Kier alpha value is -14.9. The van der Waals surface area contributed by atoms with Gasteiger partial charge in [0.05, 0.1) is 0 Å². The van der Waals surface area contributed by atoms with E-state index in [1.54, 1.807) is 45.1 Å². The normalized spacial score (nSPS) is 13.7. The fourth-order valence-electron chi connectivity index (χ4n) is 21.4. The number of ether oxygens (including phenoxy) is 1. The van der Waals surface area contributed by atoms with Gasteiger partial charge < -0.3 is 4.74 Å². The summed E-state index contributed by atoms with van der Waals surface area (Å²) in [5, 5.41) is 5.44. The van der Waals surface area contributed by atoms with Gasteiger partial charge in [-0.3, -0.25) is 0 Å². The maximum Gasteiger partial charge on any atom is 0.127 e. The molecule has 0 saturated carbocycles. The fourth-order valence-corrected chi connectivity index (χ4v) is 22.2. The van der Waals surface area contributed by atoms with Gasteiger partial charge >= 0.3 is 0 Å². The molecule has 0 N–H and O–H groups in total. The van der Waals surface area contributed by atoms with E-state index in [4.69, 9.17) is 4.74 Å². The van der Waals surface area contributed by atoms with Crippen LogP contribution in [0.2, 0.25) is 0 Å². The molecule has 0 aliphatic heterocycles. The van der Waals surface area contributed by atoms with Crippen molar-refractivity contribution in [3.05, 3.63) is 609 Å². The van der Waals surface area contributed by atoms with Crippen LogP contribution in [0.4, 0.5) is 0 Å². The minimum absolute atomic E-state index is 0.0769. The van der Waals surface area contributed by atoms with E-state index in [2.05, 4.69) is 526 Å². The maximum absolute atomic E-state index is 5.68. The second kappa shape index (κ2) is 56.5. The largest absolute Gasteiger partial charge is 0.457 e. The first kappa shape index (κ1) is 109. The van der Waals surface area contributed by atoms with E-state index in [0.717, 1.165) is 68.8 Å². The van der Waals surface area contributed by atoms with Crippen LogP contribution in [0.25, 0.3) is 54.9 Å². The molecule has 0 spiro atoms. The Morgan fingerprint density at radius 3 is 1.21 bits per heavy atom. The van der Waals surface area contributed by atoms with Crippen LogP contribution in [0, 0.1) is 0 Å². The first-order valence-electron chi connectivity index (χ1n) is 55.2. The molecule has 5 aliphatic carbocycles. The Balaban J connectivity index is 0.000000125. The van der Waals surface area contributed by atoms with Gasteiger partial charge in [0.2, 0.25) is 0 Å². The van der Waals surface area contributed by atoms with Gasteiger partial charge in [0.25, 0.3) is 0 Å². The summed E-state index contributed by atoms with van der Waals surface area (Å²) < 4.78 is 5.68. The van der Waals surface area contributed by atoms with Gasteiger partial charge in [-0.25, -0.2) is 0 Å². The molecular weight excluding hydrogens is 1830 g/mol. The molecule has 0 fully saturated rings. The second-order valence-corrected chi connectivity index (χ2v) is 41.0. The zero-order valence-corrected chi connectivity index (χ0v) is 91.4. The van der Waals surface area contributed by atoms with Gasteiger partial charge in [0.15, 0.2) is 0 Å². The summed E-state index contributed by atoms with van der Waals surface area (Å²) in [5.74, 6) is 3.87. The summed E-state index contributed by atoms with van der Waals surface area (Å²) in [6.07, 6.45) is 17.7. The van der Waals surface area contributed by atoms with E-state index in [1.165, 1.54) is 182 Å². The average molecular weight is 1980 g/mol. The quantitative estimate of drug-likeness (QED) is 0.0704. The van der Waals surface area contributed by atoms with Crippen LogP contribution in [-0.2, 0) is 68.6 Å². The lowest BCUT2D eigenvalue weighted by molar-refractivity contribution is 0.362. The molecule has 0 saturated heterocycles. The van der Waals surface area contributed by atoms with Crippen molar-refractivity contribution in [1.82, 2.24) is 0 Å². The first-order valence-corrected chi connectivity index (χ1v) is 56.0. The molecule has 25 rings (SSSR count). The van der Waals surface area contributed by atoms with Gasteiger partial charge in [0, 0.05) is 32.5 Å². The highest BCUT2D eigenvalue weighted by Gasteiger charge is 2.47. The number of fused-ring (bicyclic) bond motifs is 8. The van der Waals surface area contributed by atoms with E-state index in [0.29, 0.717) is 17.3 Å². The predicted molar refractivity (Wildman–Crippen MR) is 648 cm³/mol. The SMILES string of the molecule is CCC12CCC(c3ccccc31)c1ccccc12.CCC1CCc2ccccc21.CCC1c2ccccc2-c2ccccc21.CCc1ccc(-c2ccccc2)cc1.CCc1ccc(C(C)(C)c2ccccc2)cc1.CCc1ccc(Cc2ccccc2)cc1.CCc1ccc(Oc2ccccc2)cc1.CCc1ccc(Sc2ccccc2)cc1.CCc1cccc(-c2ccccc2)c1.CCc1cccc2c1ccc1ccccc12. The maximum atomic E-state index is 5.68. The molecule has 20 aromatic rings. The van der Waals surface area contributed by atoms with Crippen molar-refractivity contribution in [2.75, 3.05) is 0 Å². The monoisotopic (exact) mass is 1980 g/mol. The summed E-state index contributed by atoms with van der Waals surface area (Å²) in [5.41, 5.74) is 36.2. The molecule has 20 aromatic carbocycles. The minimum atomic E-state index is 0.0769. The molecule has 150 heavy (non-hydrogen) atoms. The standard InChI is InChI=1S/C18H18.C17H20.C16H14.C15H14.C15H16.C14H14O.C14H14S.2C14H14.C11H14/c1-2-18-12-11-13(14-7-3-5-9-16(14)18)15-8-4-6-10-17(15)18;1-4-14-10-12-16(13-11-14)17(2,3)15-8-6-5-7-9-15;1-2-12-7-5-9-16-14-8-4-3-6-13(14)10-11-15(12)16;1-2-11-12-7-3-5-9-14(12)15-10-6-4-8-13(11)15;1-2-13-8-10-15(11-9-13)12-14-6-4-3-5-7-14;2*1-2-12-8-10-14(11-9-12)15-13-6-4-3-5-7-13;1-2-12-7-6-10-14(11-12)13-8-4-3-5-9-13;1-2-12-8-10-14(11-9-12)13-6-4-3-5-7-13;1-2-9-7-8-10-5-3-4-6-11(9)10/h3-10,13H,2,11-12H2,1H3;5-13H,4H2,1-3H3;3-11H,2H2,1H3;3-11H,2H2,1H3;3-11H,2,12H2,1H3;2*3-11H,2H2,1H3;2*3-11H,2H2,1H3;3-6,9H,2,7-8H2,1H3. The third kappa shape index (κ3) is 29.2. The number of aryl methyl sites for hydroxylation is 8. The lowest BCUT2D eigenvalue weighted by Crippen LogP contribution is -2.39. The van der Waals surface area contributed by atoms with Crippen LogP contribution in [-0.4, -0.2) is 0 Å². The smallest absolute Gasteiger partial charge is 0.127 e. The van der Waals surface area contributed by atoms with Gasteiger partial charge in [-0.15, -0.1) is 0 Å². The molecule has 0 aromatic heterocycles. The average Bonchev–Trinajstić information content (AvgIpc) is 1.00. The molecule has 2 bridgehead atoms. The Morgan fingerprint density at radius 2 is 0.667 bits per heavy atom. The van der Waals surface area contributed by atoms with E-state index < -0.39 is 0 Å². The van der Waals surface area contributed by atoms with E-state index in [1.807, 2.05) is 60.7 Å². The number of hydrogen-bond acceptors (Lipinski definition) is 2. The number of para-hydroxylation sites is 1. The number of benzene rings is 20. The van der Waals surface area contributed by atoms with Crippen molar-refractivity contribution in [2.45, 2.75) is 218 Å². The zero-order chi connectivity index (χ0) is 104. The first-order chi connectivity index (χ1) is 73.7. The van der Waals surface area contributed by atoms with Crippen molar-refractivity contribution in [3.63, 3.8) is 0 Å². The summed E-state index contributed by atoms with van der Waals surface area (Å²) in [6.45, 7) is 26.7. The topological polar surface area (TPSA) is 9.23 Å². The van der Waals surface area contributed by atoms with Crippen molar-refractivity contribution in [3.8, 4) is 44.9 Å². The summed E-state index contributed by atoms with van der Waals surface area (Å²) in [7, 11) is 0. The molecule has 0 amide bonds. The molecule has 5 aliphatic rings. The number of hydrogen-bond donors (Lipinski definition) is 0. The van der Waals surface area contributed by atoms with Crippen LogP contribution >= 0.6 is 11.8 Å². The molecule has 0 radical (unpaired) electrons. The van der Waals surface area contributed by atoms with Gasteiger partial charge in [0.1, 0.15) is 11.5 Å². The van der Waals surface area contributed by atoms with Crippen molar-refractivity contribution in [1.29, 1.82) is 0 Å². The Bertz CT molecular complexity index is 7130. The van der Waals surface area contributed by atoms with E-state index >= 15 is 0 Å². The van der Waals surface area contributed by atoms with E-state index in [-0.39, 0.29) is 5.41 Å². The van der Waals surface area contributed by atoms with Crippen molar-refractivity contribution in [2.24, 2.45) is 0 Å². The van der Waals surface area contributed by atoms with Crippen LogP contribution in [0.5, 0.6) is 11.5 Å². The highest BCUT2D eigenvalue weighted by Crippen LogP contribution is 2.58. The van der Waals surface area contributed by atoms with Crippen LogP contribution in [0.3, 0.4) is 0 Å². The van der Waals surface area contributed by atoms with Crippen LogP contribution < -0.4 is 4.74 Å². The van der Waals surface area contributed by atoms with Crippen molar-refractivity contribution < 1.29 is 4.74 Å². The summed E-state index contributed by atoms with van der Waals surface area (Å²) >= 11 is 1.81. The summed E-state index contributed by atoms with van der Waals surface area (Å²) in [4.78, 5) is 2.60. The van der Waals surface area contributed by atoms with Crippen LogP contribution in [0.1, 0.15) is 245 Å². The Labute approximate surface area is 903 Å². The van der Waals surface area contributed by atoms with E-state index in [9.17, 15) is 0 Å². The summed E-state index contributed by atoms with van der Waals surface area (Å²) in [6, 6.07) is 179. The lowest BCUT2D eigenvalue weighted by Gasteiger charge is -2.49. The molecule has 1 atom stereocenters.